The van der Waals surface area contributed by atoms with E-state index in [1.165, 1.54) is 6.92 Å². The number of sulfone groups is 1. The number of hydrogen-bond donors (Lipinski definition) is 2. The van der Waals surface area contributed by atoms with Gasteiger partial charge in [-0.15, -0.1) is 0 Å². The van der Waals surface area contributed by atoms with Crippen LogP contribution in [-0.4, -0.2) is 48.4 Å². The van der Waals surface area contributed by atoms with Gasteiger partial charge in [0.25, 0.3) is 0 Å². The summed E-state index contributed by atoms with van der Waals surface area (Å²) in [6, 6.07) is 0. The van der Waals surface area contributed by atoms with Crippen LogP contribution in [0, 0.1) is 17.0 Å². The van der Waals surface area contributed by atoms with Crippen LogP contribution < -0.4 is 10.6 Å². The Morgan fingerprint density at radius 3 is 2.45 bits per heavy atom. The smallest absolute Gasteiger partial charge is 0.332 e. The number of hydrogen-bond acceptors (Lipinski definition) is 8. The van der Waals surface area contributed by atoms with Gasteiger partial charge in [-0.2, -0.15) is 4.98 Å². The molecule has 10 heteroatoms. The molecule has 0 radical (unpaired) electrons. The molecular formula is C10H17N5O4S. The van der Waals surface area contributed by atoms with Gasteiger partial charge in [0.1, 0.15) is 15.5 Å². The van der Waals surface area contributed by atoms with Gasteiger partial charge in [0, 0.05) is 19.3 Å². The molecule has 1 heterocycles. The quantitative estimate of drug-likeness (QED) is 0.553. The minimum Gasteiger partial charge on any atom is -0.363 e. The molecular weight excluding hydrogens is 286 g/mol. The Kier molecular flexibility index (Phi) is 5.19. The molecule has 1 aromatic rings. The molecule has 20 heavy (non-hydrogen) atoms. The van der Waals surface area contributed by atoms with E-state index in [0.717, 1.165) is 6.26 Å². The molecule has 0 atom stereocenters. The lowest BCUT2D eigenvalue weighted by molar-refractivity contribution is -0.385. The van der Waals surface area contributed by atoms with Crippen molar-refractivity contribution >= 4 is 27.3 Å². The van der Waals surface area contributed by atoms with E-state index < -0.39 is 14.8 Å². The van der Waals surface area contributed by atoms with E-state index in [1.807, 2.05) is 6.92 Å². The molecule has 0 fully saturated rings. The molecule has 0 aliphatic rings. The van der Waals surface area contributed by atoms with Gasteiger partial charge in [-0.05, 0) is 13.8 Å². The number of aryl methyl sites for hydroxylation is 1. The van der Waals surface area contributed by atoms with E-state index >= 15 is 0 Å². The van der Waals surface area contributed by atoms with Gasteiger partial charge < -0.3 is 10.6 Å². The summed E-state index contributed by atoms with van der Waals surface area (Å²) in [5, 5.41) is 16.6. The van der Waals surface area contributed by atoms with Crippen LogP contribution in [0.5, 0.6) is 0 Å². The number of nitrogens with one attached hydrogen (secondary N) is 2. The van der Waals surface area contributed by atoms with Gasteiger partial charge in [-0.3, -0.25) is 10.1 Å². The van der Waals surface area contributed by atoms with Gasteiger partial charge in [0.2, 0.25) is 11.8 Å². The monoisotopic (exact) mass is 303 g/mol. The SMILES string of the molecule is CCNc1nc(C)c([N+](=O)[O-])c(NCCS(C)(=O)=O)n1. The van der Waals surface area contributed by atoms with E-state index in [-0.39, 0.29) is 35.4 Å². The van der Waals surface area contributed by atoms with Crippen molar-refractivity contribution in [3.05, 3.63) is 15.8 Å². The van der Waals surface area contributed by atoms with Crippen molar-refractivity contribution in [3.63, 3.8) is 0 Å². The van der Waals surface area contributed by atoms with Gasteiger partial charge >= 0.3 is 5.69 Å². The molecule has 0 aliphatic heterocycles. The molecule has 0 saturated heterocycles. The first-order chi connectivity index (χ1) is 9.24. The summed E-state index contributed by atoms with van der Waals surface area (Å²) in [4.78, 5) is 18.4. The molecule has 1 aromatic heterocycles. The number of nitrogens with zero attached hydrogens (tertiary/aromatic N) is 3. The molecule has 0 amide bonds. The van der Waals surface area contributed by atoms with Crippen LogP contribution in [0.25, 0.3) is 0 Å². The van der Waals surface area contributed by atoms with E-state index in [0.29, 0.717) is 6.54 Å². The van der Waals surface area contributed by atoms with E-state index in [9.17, 15) is 18.5 Å². The van der Waals surface area contributed by atoms with Crippen molar-refractivity contribution in [1.29, 1.82) is 0 Å². The first-order valence-corrected chi connectivity index (χ1v) is 7.99. The van der Waals surface area contributed by atoms with Crippen LogP contribution in [0.3, 0.4) is 0 Å². The lowest BCUT2D eigenvalue weighted by atomic mass is 10.3. The fraction of sp³-hybridized carbons (Fsp3) is 0.600. The second kappa shape index (κ2) is 6.46. The Balaban J connectivity index is 3.03. The highest BCUT2D eigenvalue weighted by Crippen LogP contribution is 2.26. The van der Waals surface area contributed by atoms with Crippen molar-refractivity contribution in [3.8, 4) is 0 Å². The summed E-state index contributed by atoms with van der Waals surface area (Å²) < 4.78 is 22.1. The maximum Gasteiger partial charge on any atom is 0.332 e. The first-order valence-electron chi connectivity index (χ1n) is 5.93. The van der Waals surface area contributed by atoms with Crippen molar-refractivity contribution in [2.24, 2.45) is 0 Å². The second-order valence-electron chi connectivity index (χ2n) is 4.17. The average molecular weight is 303 g/mol. The van der Waals surface area contributed by atoms with Crippen LogP contribution in [0.1, 0.15) is 12.6 Å². The van der Waals surface area contributed by atoms with Crippen LogP contribution >= 0.6 is 0 Å². The maximum atomic E-state index is 11.1. The van der Waals surface area contributed by atoms with Crippen LogP contribution in [0.15, 0.2) is 0 Å². The maximum absolute atomic E-state index is 11.1. The molecule has 2 N–H and O–H groups in total. The van der Waals surface area contributed by atoms with Crippen LogP contribution in [-0.2, 0) is 9.84 Å². The lowest BCUT2D eigenvalue weighted by Gasteiger charge is -2.09. The zero-order valence-corrected chi connectivity index (χ0v) is 12.3. The minimum absolute atomic E-state index is 0.0158. The number of anilines is 2. The summed E-state index contributed by atoms with van der Waals surface area (Å²) in [5.74, 6) is 0.142. The van der Waals surface area contributed by atoms with Crippen LogP contribution in [0.2, 0.25) is 0 Å². The predicted octanol–water partition coefficient (Wildman–Crippen LogP) is 0.582. The third-order valence-electron chi connectivity index (χ3n) is 2.34. The molecule has 0 saturated carbocycles. The Morgan fingerprint density at radius 1 is 1.30 bits per heavy atom. The Hall–Kier alpha value is -1.97. The number of aromatic nitrogens is 2. The highest BCUT2D eigenvalue weighted by molar-refractivity contribution is 7.90. The molecule has 9 nitrogen and oxygen atoms in total. The largest absolute Gasteiger partial charge is 0.363 e. The normalized spacial score (nSPS) is 11.2. The number of rotatable bonds is 7. The second-order valence-corrected chi connectivity index (χ2v) is 6.43. The molecule has 0 unspecified atom stereocenters. The third-order valence-corrected chi connectivity index (χ3v) is 3.29. The Bertz CT molecular complexity index is 602. The van der Waals surface area contributed by atoms with Crippen LogP contribution in [0.4, 0.5) is 17.5 Å². The molecule has 0 bridgehead atoms. The Labute approximate surface area is 116 Å². The fourth-order valence-corrected chi connectivity index (χ4v) is 1.97. The van der Waals surface area contributed by atoms with Crippen molar-refractivity contribution in [2.45, 2.75) is 13.8 Å². The highest BCUT2D eigenvalue weighted by Gasteiger charge is 2.22. The third kappa shape index (κ3) is 4.61. The summed E-state index contributed by atoms with van der Waals surface area (Å²) in [7, 11) is -3.15. The molecule has 1 rings (SSSR count). The first kappa shape index (κ1) is 16.1. The fourth-order valence-electron chi connectivity index (χ4n) is 1.50. The van der Waals surface area contributed by atoms with Crippen molar-refractivity contribution in [1.82, 2.24) is 9.97 Å². The topological polar surface area (TPSA) is 127 Å². The summed E-state index contributed by atoms with van der Waals surface area (Å²) >= 11 is 0. The zero-order chi connectivity index (χ0) is 15.3. The lowest BCUT2D eigenvalue weighted by Crippen LogP contribution is -2.17. The van der Waals surface area contributed by atoms with Gasteiger partial charge in [0.05, 0.1) is 10.7 Å². The minimum atomic E-state index is -3.15. The standard InChI is InChI=1S/C10H17N5O4S/c1-4-11-10-13-7(2)8(15(16)17)9(14-10)12-5-6-20(3,18)19/h4-6H2,1-3H3,(H2,11,12,13,14). The summed E-state index contributed by atoms with van der Waals surface area (Å²) in [5.41, 5.74) is -0.0389. The predicted molar refractivity (Wildman–Crippen MR) is 75.8 cm³/mol. The molecule has 0 spiro atoms. The van der Waals surface area contributed by atoms with E-state index in [1.54, 1.807) is 0 Å². The highest BCUT2D eigenvalue weighted by atomic mass is 32.2. The van der Waals surface area contributed by atoms with Gasteiger partial charge in [0.15, 0.2) is 0 Å². The van der Waals surface area contributed by atoms with E-state index in [2.05, 4.69) is 20.6 Å². The van der Waals surface area contributed by atoms with Gasteiger partial charge in [-0.1, -0.05) is 0 Å². The van der Waals surface area contributed by atoms with Gasteiger partial charge in [-0.25, -0.2) is 13.4 Å². The molecule has 112 valence electrons. The van der Waals surface area contributed by atoms with Crippen molar-refractivity contribution < 1.29 is 13.3 Å². The Morgan fingerprint density at radius 2 is 1.95 bits per heavy atom. The summed E-state index contributed by atoms with van der Waals surface area (Å²) in [6.07, 6.45) is 1.10. The molecule has 0 aromatic carbocycles. The molecule has 0 aliphatic carbocycles. The van der Waals surface area contributed by atoms with Crippen molar-refractivity contribution in [2.75, 3.05) is 35.7 Å². The summed E-state index contributed by atoms with van der Waals surface area (Å²) in [6.45, 7) is 3.96. The number of nitro groups is 1. The zero-order valence-electron chi connectivity index (χ0n) is 11.5. The van der Waals surface area contributed by atoms with E-state index in [4.69, 9.17) is 0 Å². The average Bonchev–Trinajstić information content (AvgIpc) is 2.26.